The van der Waals surface area contributed by atoms with Crippen LogP contribution in [0.3, 0.4) is 0 Å². The molecule has 0 unspecified atom stereocenters. The largest absolute Gasteiger partial charge is 0.497 e. The second-order valence-corrected chi connectivity index (χ2v) is 9.31. The van der Waals surface area contributed by atoms with Crippen LogP contribution in [0, 0.1) is 0 Å². The Morgan fingerprint density at radius 2 is 1.58 bits per heavy atom. The minimum absolute atomic E-state index is 0.132. The number of ether oxygens (including phenoxy) is 1. The molecule has 2 amide bonds. The molecule has 3 aromatic rings. The van der Waals surface area contributed by atoms with Gasteiger partial charge in [0.05, 0.1) is 18.0 Å². The normalized spacial score (nSPS) is 12.2. The number of benzene rings is 3. The molecule has 3 N–H and O–H groups in total. The number of nitrogens with one attached hydrogen (secondary N) is 1. The molecule has 1 atom stereocenters. The van der Waals surface area contributed by atoms with Crippen molar-refractivity contribution >= 4 is 27.5 Å². The van der Waals surface area contributed by atoms with Gasteiger partial charge in [-0.2, -0.15) is 4.31 Å². The quantitative estimate of drug-likeness (QED) is 0.501. The third-order valence-electron chi connectivity index (χ3n) is 5.19. The number of nitrogens with zero attached hydrogens (tertiary/aromatic N) is 1. The van der Waals surface area contributed by atoms with Gasteiger partial charge in [-0.15, -0.1) is 0 Å². The number of primary amides is 1. The summed E-state index contributed by atoms with van der Waals surface area (Å²) in [5, 5.41) is 2.74. The molecule has 0 radical (unpaired) electrons. The standard InChI is InChI=1S/C24H25N3O5S/c1-27(33(30,31)21-6-4-3-5-7-21)22(17-10-14-20(32-2)15-11-17)16-23(28)26-19-12-8-18(9-13-19)24(25)29/h3-15,22H,16H2,1-2H3,(H2,25,29)(H,26,28)/t22-/m1/s1. The Balaban J connectivity index is 1.88. The first-order valence-electron chi connectivity index (χ1n) is 10.1. The molecule has 0 bridgehead atoms. The smallest absolute Gasteiger partial charge is 0.248 e. The van der Waals surface area contributed by atoms with Crippen LogP contribution in [0.1, 0.15) is 28.4 Å². The maximum Gasteiger partial charge on any atom is 0.248 e. The lowest BCUT2D eigenvalue weighted by Gasteiger charge is -2.28. The first kappa shape index (κ1) is 24.0. The van der Waals surface area contributed by atoms with Crippen LogP contribution in [0.15, 0.2) is 83.8 Å². The molecule has 0 aliphatic heterocycles. The SMILES string of the molecule is COc1ccc([C@@H](CC(=O)Nc2ccc(C(N)=O)cc2)N(C)S(=O)(=O)c2ccccc2)cc1. The Hall–Kier alpha value is -3.69. The lowest BCUT2D eigenvalue weighted by molar-refractivity contribution is -0.117. The summed E-state index contributed by atoms with van der Waals surface area (Å²) < 4.78 is 32.9. The summed E-state index contributed by atoms with van der Waals surface area (Å²) in [6, 6.07) is 20.3. The van der Waals surface area contributed by atoms with Crippen LogP contribution in [0.5, 0.6) is 5.75 Å². The van der Waals surface area contributed by atoms with Gasteiger partial charge in [-0.1, -0.05) is 30.3 Å². The predicted molar refractivity (Wildman–Crippen MR) is 125 cm³/mol. The van der Waals surface area contributed by atoms with E-state index in [4.69, 9.17) is 10.5 Å². The van der Waals surface area contributed by atoms with Crippen LogP contribution in [0.25, 0.3) is 0 Å². The number of hydrogen-bond acceptors (Lipinski definition) is 5. The molecule has 0 aliphatic carbocycles. The number of carbonyl (C=O) groups excluding carboxylic acids is 2. The Labute approximate surface area is 193 Å². The molecule has 3 aromatic carbocycles. The Bertz CT molecular complexity index is 1210. The molecule has 8 nitrogen and oxygen atoms in total. The highest BCUT2D eigenvalue weighted by Crippen LogP contribution is 2.30. The first-order valence-corrected chi connectivity index (χ1v) is 11.5. The van der Waals surface area contributed by atoms with E-state index in [1.165, 1.54) is 42.7 Å². The fraction of sp³-hybridized carbons (Fsp3) is 0.167. The summed E-state index contributed by atoms with van der Waals surface area (Å²) in [6.07, 6.45) is -0.132. The average Bonchev–Trinajstić information content (AvgIpc) is 2.83. The molecule has 0 spiro atoms. The number of rotatable bonds is 9. The zero-order chi connectivity index (χ0) is 24.0. The number of methoxy groups -OCH3 is 1. The van der Waals surface area contributed by atoms with Crippen LogP contribution in [-0.4, -0.2) is 38.7 Å². The molecule has 3 rings (SSSR count). The van der Waals surface area contributed by atoms with E-state index in [9.17, 15) is 18.0 Å². The number of nitrogens with two attached hydrogens (primary N) is 1. The second kappa shape index (κ2) is 10.3. The molecule has 9 heteroatoms. The Morgan fingerprint density at radius 3 is 2.12 bits per heavy atom. The molecule has 0 saturated heterocycles. The molecule has 0 aromatic heterocycles. The molecule has 0 fully saturated rings. The number of amides is 2. The van der Waals surface area contributed by atoms with Gasteiger partial charge in [-0.05, 0) is 54.1 Å². The van der Waals surface area contributed by atoms with Gasteiger partial charge in [0.1, 0.15) is 5.75 Å². The first-order chi connectivity index (χ1) is 15.7. The van der Waals surface area contributed by atoms with E-state index >= 15 is 0 Å². The van der Waals surface area contributed by atoms with E-state index in [-0.39, 0.29) is 11.3 Å². The van der Waals surface area contributed by atoms with Crippen molar-refractivity contribution in [2.45, 2.75) is 17.4 Å². The lowest BCUT2D eigenvalue weighted by Crippen LogP contribution is -2.33. The highest BCUT2D eigenvalue weighted by molar-refractivity contribution is 7.89. The molecular weight excluding hydrogens is 442 g/mol. The molecule has 33 heavy (non-hydrogen) atoms. The summed E-state index contributed by atoms with van der Waals surface area (Å²) in [7, 11) is -0.877. The summed E-state index contributed by atoms with van der Waals surface area (Å²) in [6.45, 7) is 0. The number of anilines is 1. The van der Waals surface area contributed by atoms with Crippen molar-refractivity contribution in [3.05, 3.63) is 90.0 Å². The molecule has 0 aliphatic rings. The highest BCUT2D eigenvalue weighted by atomic mass is 32.2. The van der Waals surface area contributed by atoms with E-state index in [1.54, 1.807) is 54.6 Å². The number of carbonyl (C=O) groups is 2. The van der Waals surface area contributed by atoms with Crippen molar-refractivity contribution in [3.8, 4) is 5.75 Å². The lowest BCUT2D eigenvalue weighted by atomic mass is 10.0. The maximum atomic E-state index is 13.2. The fourth-order valence-corrected chi connectivity index (χ4v) is 4.68. The van der Waals surface area contributed by atoms with E-state index in [1.807, 2.05) is 0 Å². The van der Waals surface area contributed by atoms with Gasteiger partial charge in [0.2, 0.25) is 21.8 Å². The van der Waals surface area contributed by atoms with Gasteiger partial charge in [0, 0.05) is 24.7 Å². The van der Waals surface area contributed by atoms with Gasteiger partial charge in [-0.25, -0.2) is 8.42 Å². The van der Waals surface area contributed by atoms with Crippen LogP contribution >= 0.6 is 0 Å². The van der Waals surface area contributed by atoms with E-state index in [0.717, 1.165) is 0 Å². The number of hydrogen-bond donors (Lipinski definition) is 2. The third-order valence-corrected chi connectivity index (χ3v) is 7.07. The highest BCUT2D eigenvalue weighted by Gasteiger charge is 2.31. The Morgan fingerprint density at radius 1 is 0.970 bits per heavy atom. The maximum absolute atomic E-state index is 13.2. The fourth-order valence-electron chi connectivity index (χ4n) is 3.31. The summed E-state index contributed by atoms with van der Waals surface area (Å²) in [5.41, 5.74) is 6.66. The van der Waals surface area contributed by atoms with Gasteiger partial charge in [0.15, 0.2) is 0 Å². The molecular formula is C24H25N3O5S. The monoisotopic (exact) mass is 467 g/mol. The van der Waals surface area contributed by atoms with Gasteiger partial charge >= 0.3 is 0 Å². The van der Waals surface area contributed by atoms with Gasteiger partial charge in [0.25, 0.3) is 0 Å². The minimum atomic E-state index is -3.86. The predicted octanol–water partition coefficient (Wildman–Crippen LogP) is 3.18. The van der Waals surface area contributed by atoms with Gasteiger partial charge in [-0.3, -0.25) is 9.59 Å². The number of sulfonamides is 1. The molecule has 0 saturated carbocycles. The van der Waals surface area contributed by atoms with E-state index in [2.05, 4.69) is 5.32 Å². The second-order valence-electron chi connectivity index (χ2n) is 7.32. The van der Waals surface area contributed by atoms with Gasteiger partial charge < -0.3 is 15.8 Å². The van der Waals surface area contributed by atoms with Crippen molar-refractivity contribution in [2.24, 2.45) is 5.73 Å². The van der Waals surface area contributed by atoms with Crippen LogP contribution in [0.2, 0.25) is 0 Å². The van der Waals surface area contributed by atoms with Crippen LogP contribution in [-0.2, 0) is 14.8 Å². The van der Waals surface area contributed by atoms with Crippen LogP contribution < -0.4 is 15.8 Å². The van der Waals surface area contributed by atoms with Crippen molar-refractivity contribution in [2.75, 3.05) is 19.5 Å². The van der Waals surface area contributed by atoms with Crippen molar-refractivity contribution < 1.29 is 22.7 Å². The zero-order valence-electron chi connectivity index (χ0n) is 18.3. The molecule has 0 heterocycles. The summed E-state index contributed by atoms with van der Waals surface area (Å²) in [5.74, 6) is -0.344. The van der Waals surface area contributed by atoms with Crippen molar-refractivity contribution in [1.82, 2.24) is 4.31 Å². The van der Waals surface area contributed by atoms with E-state index in [0.29, 0.717) is 22.6 Å². The average molecular weight is 468 g/mol. The Kier molecular flexibility index (Phi) is 7.47. The molecule has 172 valence electrons. The topological polar surface area (TPSA) is 119 Å². The summed E-state index contributed by atoms with van der Waals surface area (Å²) >= 11 is 0. The minimum Gasteiger partial charge on any atom is -0.497 e. The third kappa shape index (κ3) is 5.76. The van der Waals surface area contributed by atoms with Crippen LogP contribution in [0.4, 0.5) is 5.69 Å². The van der Waals surface area contributed by atoms with Crippen molar-refractivity contribution in [3.63, 3.8) is 0 Å². The van der Waals surface area contributed by atoms with Crippen molar-refractivity contribution in [1.29, 1.82) is 0 Å². The van der Waals surface area contributed by atoms with E-state index < -0.39 is 27.9 Å². The zero-order valence-corrected chi connectivity index (χ0v) is 19.1. The summed E-state index contributed by atoms with van der Waals surface area (Å²) in [4.78, 5) is 24.2.